The lowest BCUT2D eigenvalue weighted by molar-refractivity contribution is -0.113. The molecule has 0 radical (unpaired) electrons. The minimum atomic E-state index is -0.170. The Balaban J connectivity index is 1.58. The number of benzene rings is 1. The van der Waals surface area contributed by atoms with E-state index < -0.39 is 0 Å². The number of carbonyl (C=O) groups excluding carboxylic acids is 1. The summed E-state index contributed by atoms with van der Waals surface area (Å²) in [6, 6.07) is 12.2. The number of thioether (sulfide) groups is 1. The SMILES string of the molecule is Cc1sc(NC(=O)CSc2nnc3cc(C)c4ccccc4n23)c(C#N)c1C. The monoisotopic (exact) mass is 407 g/mol. The van der Waals surface area contributed by atoms with Crippen LogP contribution in [0.15, 0.2) is 35.5 Å². The van der Waals surface area contributed by atoms with Crippen molar-refractivity contribution in [3.8, 4) is 6.07 Å². The van der Waals surface area contributed by atoms with E-state index in [4.69, 9.17) is 0 Å². The molecule has 0 saturated heterocycles. The number of anilines is 1. The Labute approximate surface area is 170 Å². The molecule has 0 spiro atoms. The van der Waals surface area contributed by atoms with E-state index >= 15 is 0 Å². The number of carbonyl (C=O) groups is 1. The fourth-order valence-corrected chi connectivity index (χ4v) is 4.89. The first-order valence-corrected chi connectivity index (χ1v) is 10.5. The molecule has 0 aliphatic carbocycles. The molecule has 0 aliphatic heterocycles. The molecule has 0 atom stereocenters. The maximum Gasteiger partial charge on any atom is 0.235 e. The van der Waals surface area contributed by atoms with Gasteiger partial charge in [-0.05, 0) is 44.0 Å². The average molecular weight is 408 g/mol. The lowest BCUT2D eigenvalue weighted by Crippen LogP contribution is -2.14. The number of aryl methyl sites for hydroxylation is 2. The molecule has 0 unspecified atom stereocenters. The van der Waals surface area contributed by atoms with E-state index in [0.717, 1.165) is 32.6 Å². The van der Waals surface area contributed by atoms with Crippen molar-refractivity contribution in [1.29, 1.82) is 5.26 Å². The summed E-state index contributed by atoms with van der Waals surface area (Å²) in [4.78, 5) is 13.5. The van der Waals surface area contributed by atoms with Gasteiger partial charge in [-0.25, -0.2) is 0 Å². The van der Waals surface area contributed by atoms with Crippen LogP contribution < -0.4 is 5.32 Å². The number of aromatic nitrogens is 3. The quantitative estimate of drug-likeness (QED) is 0.505. The van der Waals surface area contributed by atoms with E-state index in [-0.39, 0.29) is 11.7 Å². The molecule has 0 fully saturated rings. The number of nitrogens with zero attached hydrogens (tertiary/aromatic N) is 4. The zero-order valence-corrected chi connectivity index (χ0v) is 17.2. The smallest absolute Gasteiger partial charge is 0.235 e. The fourth-order valence-electron chi connectivity index (χ4n) is 3.11. The minimum absolute atomic E-state index is 0.170. The number of nitrogens with one attached hydrogen (secondary N) is 1. The highest BCUT2D eigenvalue weighted by Crippen LogP contribution is 2.32. The van der Waals surface area contributed by atoms with Gasteiger partial charge in [-0.15, -0.1) is 21.5 Å². The first-order chi connectivity index (χ1) is 13.5. The topological polar surface area (TPSA) is 83.1 Å². The molecular weight excluding hydrogens is 390 g/mol. The van der Waals surface area contributed by atoms with Crippen LogP contribution in [0.25, 0.3) is 16.6 Å². The van der Waals surface area contributed by atoms with Gasteiger partial charge in [0.05, 0.1) is 16.8 Å². The molecule has 1 amide bonds. The van der Waals surface area contributed by atoms with Crippen molar-refractivity contribution < 1.29 is 4.79 Å². The third-order valence-corrected chi connectivity index (χ3v) is 6.71. The Morgan fingerprint density at radius 2 is 2.07 bits per heavy atom. The summed E-state index contributed by atoms with van der Waals surface area (Å²) >= 11 is 2.75. The predicted molar refractivity (Wildman–Crippen MR) is 113 cm³/mol. The first-order valence-electron chi connectivity index (χ1n) is 8.66. The number of amides is 1. The van der Waals surface area contributed by atoms with Gasteiger partial charge >= 0.3 is 0 Å². The zero-order chi connectivity index (χ0) is 19.8. The van der Waals surface area contributed by atoms with Crippen LogP contribution >= 0.6 is 23.1 Å². The molecule has 0 saturated carbocycles. The Morgan fingerprint density at radius 1 is 1.29 bits per heavy atom. The van der Waals surface area contributed by atoms with Crippen molar-refractivity contribution in [2.24, 2.45) is 0 Å². The highest BCUT2D eigenvalue weighted by atomic mass is 32.2. The number of nitriles is 1. The molecule has 0 bridgehead atoms. The van der Waals surface area contributed by atoms with E-state index in [1.54, 1.807) is 0 Å². The van der Waals surface area contributed by atoms with Crippen LogP contribution in [0, 0.1) is 32.1 Å². The molecule has 4 aromatic rings. The van der Waals surface area contributed by atoms with Gasteiger partial charge in [0.15, 0.2) is 10.8 Å². The van der Waals surface area contributed by atoms with Gasteiger partial charge in [-0.1, -0.05) is 30.0 Å². The summed E-state index contributed by atoms with van der Waals surface area (Å²) in [5, 5.41) is 23.1. The van der Waals surface area contributed by atoms with Crippen molar-refractivity contribution in [3.05, 3.63) is 51.9 Å². The number of hydrogen-bond acceptors (Lipinski definition) is 6. The Kier molecular flexibility index (Phi) is 4.79. The van der Waals surface area contributed by atoms with Crippen LogP contribution in [-0.4, -0.2) is 26.3 Å². The maximum atomic E-state index is 12.5. The third-order valence-electron chi connectivity index (χ3n) is 4.66. The first kappa shape index (κ1) is 18.5. The van der Waals surface area contributed by atoms with Crippen molar-refractivity contribution in [2.45, 2.75) is 25.9 Å². The Hall–Kier alpha value is -2.89. The molecular formula is C20H17N5OS2. The lowest BCUT2D eigenvalue weighted by atomic mass is 10.1. The van der Waals surface area contributed by atoms with Crippen LogP contribution in [-0.2, 0) is 4.79 Å². The predicted octanol–water partition coefficient (Wildman–Crippen LogP) is 4.47. The number of fused-ring (bicyclic) bond motifs is 3. The van der Waals surface area contributed by atoms with Gasteiger partial charge < -0.3 is 5.32 Å². The van der Waals surface area contributed by atoms with Crippen LogP contribution in [0.1, 0.15) is 21.6 Å². The normalized spacial score (nSPS) is 11.1. The van der Waals surface area contributed by atoms with Crippen molar-refractivity contribution in [1.82, 2.24) is 14.6 Å². The van der Waals surface area contributed by atoms with Gasteiger partial charge in [0.1, 0.15) is 11.1 Å². The standard InChI is InChI=1S/C20H17N5OS2/c1-11-8-17-23-24-20(25(17)16-7-5-4-6-14(11)16)27-10-18(26)22-19-15(9-21)12(2)13(3)28-19/h4-8H,10H2,1-3H3,(H,22,26). The van der Waals surface area contributed by atoms with Crippen molar-refractivity contribution in [2.75, 3.05) is 11.1 Å². The van der Waals surface area contributed by atoms with Crippen LogP contribution in [0.3, 0.4) is 0 Å². The molecule has 1 aromatic carbocycles. The number of hydrogen-bond donors (Lipinski definition) is 1. The lowest BCUT2D eigenvalue weighted by Gasteiger charge is -2.07. The Bertz CT molecular complexity index is 1270. The molecule has 28 heavy (non-hydrogen) atoms. The highest BCUT2D eigenvalue weighted by molar-refractivity contribution is 7.99. The molecule has 6 nitrogen and oxygen atoms in total. The maximum absolute atomic E-state index is 12.5. The second-order valence-corrected chi connectivity index (χ2v) is 8.62. The van der Waals surface area contributed by atoms with Gasteiger partial charge in [-0.2, -0.15) is 5.26 Å². The van der Waals surface area contributed by atoms with E-state index in [1.165, 1.54) is 23.1 Å². The van der Waals surface area contributed by atoms with Gasteiger partial charge in [0.25, 0.3) is 0 Å². The van der Waals surface area contributed by atoms with Crippen molar-refractivity contribution in [3.63, 3.8) is 0 Å². The van der Waals surface area contributed by atoms with E-state index in [2.05, 4.69) is 34.6 Å². The second-order valence-electron chi connectivity index (χ2n) is 6.46. The summed E-state index contributed by atoms with van der Waals surface area (Å²) in [7, 11) is 0. The number of rotatable bonds is 4. The van der Waals surface area contributed by atoms with Gasteiger partial charge in [-0.3, -0.25) is 9.20 Å². The van der Waals surface area contributed by atoms with Crippen LogP contribution in [0.4, 0.5) is 5.00 Å². The molecule has 1 N–H and O–H groups in total. The highest BCUT2D eigenvalue weighted by Gasteiger charge is 2.16. The summed E-state index contributed by atoms with van der Waals surface area (Å²) in [5.74, 6) is 0.0139. The van der Waals surface area contributed by atoms with Gasteiger partial charge in [0, 0.05) is 10.3 Å². The number of thiophene rings is 1. The number of pyridine rings is 1. The molecule has 3 aromatic heterocycles. The van der Waals surface area contributed by atoms with Crippen LogP contribution in [0.5, 0.6) is 0 Å². The Morgan fingerprint density at radius 3 is 2.86 bits per heavy atom. The average Bonchev–Trinajstić information content (AvgIpc) is 3.21. The molecule has 4 rings (SSSR count). The summed E-state index contributed by atoms with van der Waals surface area (Å²) in [6.07, 6.45) is 0. The molecule has 8 heteroatoms. The third kappa shape index (κ3) is 3.13. The van der Waals surface area contributed by atoms with E-state index in [1.807, 2.05) is 42.5 Å². The largest absolute Gasteiger partial charge is 0.316 e. The van der Waals surface area contributed by atoms with E-state index in [0.29, 0.717) is 15.7 Å². The summed E-state index contributed by atoms with van der Waals surface area (Å²) in [5.41, 5.74) is 4.37. The molecule has 140 valence electrons. The van der Waals surface area contributed by atoms with Crippen LogP contribution in [0.2, 0.25) is 0 Å². The van der Waals surface area contributed by atoms with E-state index in [9.17, 15) is 10.1 Å². The second kappa shape index (κ2) is 7.26. The minimum Gasteiger partial charge on any atom is -0.316 e. The number of para-hydroxylation sites is 1. The molecule has 3 heterocycles. The fraction of sp³-hybridized carbons (Fsp3) is 0.200. The summed E-state index contributed by atoms with van der Waals surface area (Å²) in [6.45, 7) is 5.89. The van der Waals surface area contributed by atoms with Crippen molar-refractivity contribution >= 4 is 50.6 Å². The van der Waals surface area contributed by atoms with Gasteiger partial charge in [0.2, 0.25) is 5.91 Å². The molecule has 0 aliphatic rings. The zero-order valence-electron chi connectivity index (χ0n) is 15.6. The summed E-state index contributed by atoms with van der Waals surface area (Å²) < 4.78 is 1.97.